The van der Waals surface area contributed by atoms with Crippen LogP contribution in [-0.4, -0.2) is 72.1 Å². The molecule has 8 fully saturated rings. The molecule has 0 radical (unpaired) electrons. The molecule has 0 spiro atoms. The average molecular weight is 384 g/mol. The molecule has 0 aromatic carbocycles. The second kappa shape index (κ2) is 6.44. The molecule has 3 saturated carbocycles. The molecule has 5 heterocycles. The molecule has 8 rings (SSSR count). The smallest absolute Gasteiger partial charge is 0.0102 e. The van der Waals surface area contributed by atoms with E-state index in [1.54, 1.807) is 19.3 Å². The van der Waals surface area contributed by atoms with Gasteiger partial charge in [-0.3, -0.25) is 9.80 Å². The summed E-state index contributed by atoms with van der Waals surface area (Å²) < 4.78 is 0. The minimum atomic E-state index is 0.925. The van der Waals surface area contributed by atoms with Crippen LogP contribution in [0.2, 0.25) is 0 Å². The van der Waals surface area contributed by atoms with E-state index < -0.39 is 0 Å². The van der Waals surface area contributed by atoms with Gasteiger partial charge in [0.2, 0.25) is 0 Å². The molecule has 3 nitrogen and oxygen atoms in total. The molecule has 3 aliphatic carbocycles. The van der Waals surface area contributed by atoms with Crippen LogP contribution in [0.15, 0.2) is 0 Å². The highest BCUT2D eigenvalue weighted by Gasteiger charge is 2.51. The lowest BCUT2D eigenvalue weighted by atomic mass is 9.62. The molecule has 0 aromatic rings. The topological polar surface area (TPSA) is 9.72 Å². The standard InChI is InChI=1S/C25H41N3/c1-26-12-20-7-16-6-17(9-23(26)8-16)25(20)15-27-13-18-10-24(27)11-19(18)14-28-21-2-3-22(28)5-4-21/h16-25H,2-15H2,1H3. The predicted molar refractivity (Wildman–Crippen MR) is 113 cm³/mol. The van der Waals surface area contributed by atoms with Gasteiger partial charge in [-0.1, -0.05) is 0 Å². The summed E-state index contributed by atoms with van der Waals surface area (Å²) in [6.07, 6.45) is 15.3. The highest BCUT2D eigenvalue weighted by Crippen LogP contribution is 2.52. The molecule has 28 heavy (non-hydrogen) atoms. The first-order valence-corrected chi connectivity index (χ1v) is 12.9. The van der Waals surface area contributed by atoms with E-state index in [9.17, 15) is 0 Å². The summed E-state index contributed by atoms with van der Waals surface area (Å²) in [4.78, 5) is 8.73. The highest BCUT2D eigenvalue weighted by molar-refractivity contribution is 5.04. The van der Waals surface area contributed by atoms with E-state index in [0.29, 0.717) is 0 Å². The number of likely N-dealkylation sites (tertiary alicyclic amines) is 1. The van der Waals surface area contributed by atoms with Crippen LogP contribution in [0.5, 0.6) is 0 Å². The first-order chi connectivity index (χ1) is 13.7. The van der Waals surface area contributed by atoms with Crippen LogP contribution in [0.3, 0.4) is 0 Å². The minimum Gasteiger partial charge on any atom is -0.303 e. The highest BCUT2D eigenvalue weighted by atomic mass is 15.3. The Kier molecular flexibility index (Phi) is 4.04. The number of rotatable bonds is 4. The van der Waals surface area contributed by atoms with E-state index >= 15 is 0 Å². The van der Waals surface area contributed by atoms with Crippen LogP contribution in [0.25, 0.3) is 0 Å². The number of nitrogens with zero attached hydrogens (tertiary/aromatic N) is 3. The predicted octanol–water partition coefficient (Wildman–Crippen LogP) is 3.69. The second-order valence-corrected chi connectivity index (χ2v) is 12.3. The van der Waals surface area contributed by atoms with Gasteiger partial charge >= 0.3 is 0 Å². The van der Waals surface area contributed by atoms with Crippen molar-refractivity contribution in [3.63, 3.8) is 0 Å². The lowest BCUT2D eigenvalue weighted by molar-refractivity contribution is 0.0359. The van der Waals surface area contributed by atoms with Crippen molar-refractivity contribution in [1.29, 1.82) is 0 Å². The molecule has 8 bridgehead atoms. The summed E-state index contributed by atoms with van der Waals surface area (Å²) in [6, 6.07) is 3.84. The summed E-state index contributed by atoms with van der Waals surface area (Å²) in [5, 5.41) is 0. The molecule has 5 aliphatic heterocycles. The number of fused-ring (bicyclic) bond motifs is 5. The van der Waals surface area contributed by atoms with E-state index in [1.807, 2.05) is 0 Å². The van der Waals surface area contributed by atoms with E-state index in [1.165, 1.54) is 71.1 Å². The monoisotopic (exact) mass is 383 g/mol. The number of hydrogen-bond acceptors (Lipinski definition) is 3. The first kappa shape index (κ1) is 17.5. The zero-order chi connectivity index (χ0) is 18.4. The summed E-state index contributed by atoms with van der Waals surface area (Å²) in [6.45, 7) is 5.79. The maximum absolute atomic E-state index is 3.01. The molecule has 0 aromatic heterocycles. The molecular weight excluding hydrogens is 342 g/mol. The van der Waals surface area contributed by atoms with Crippen LogP contribution < -0.4 is 0 Å². The quantitative estimate of drug-likeness (QED) is 0.733. The van der Waals surface area contributed by atoms with Crippen LogP contribution in [0, 0.1) is 35.5 Å². The van der Waals surface area contributed by atoms with Crippen molar-refractivity contribution in [1.82, 2.24) is 14.7 Å². The third-order valence-electron chi connectivity index (χ3n) is 11.1. The van der Waals surface area contributed by atoms with Gasteiger partial charge in [-0.15, -0.1) is 0 Å². The van der Waals surface area contributed by atoms with Crippen molar-refractivity contribution in [2.45, 2.75) is 88.4 Å². The molecule has 8 atom stereocenters. The van der Waals surface area contributed by atoms with Gasteiger partial charge in [-0.05, 0) is 107 Å². The molecule has 0 amide bonds. The molecule has 0 N–H and O–H groups in total. The lowest BCUT2D eigenvalue weighted by Crippen LogP contribution is -2.47. The minimum absolute atomic E-state index is 0.925. The fourth-order valence-electron chi connectivity index (χ4n) is 9.83. The molecule has 3 heteroatoms. The number of hydrogen-bond donors (Lipinski definition) is 0. The Bertz CT molecular complexity index is 601. The van der Waals surface area contributed by atoms with E-state index in [4.69, 9.17) is 0 Å². The fourth-order valence-corrected chi connectivity index (χ4v) is 9.83. The van der Waals surface area contributed by atoms with E-state index in [-0.39, 0.29) is 0 Å². The second-order valence-electron chi connectivity index (χ2n) is 12.3. The molecule has 8 unspecified atom stereocenters. The van der Waals surface area contributed by atoms with Crippen molar-refractivity contribution in [2.24, 2.45) is 35.5 Å². The van der Waals surface area contributed by atoms with Crippen molar-refractivity contribution >= 4 is 0 Å². The Hall–Kier alpha value is -0.120. The van der Waals surface area contributed by atoms with Crippen molar-refractivity contribution < 1.29 is 0 Å². The zero-order valence-electron chi connectivity index (χ0n) is 18.0. The Morgan fingerprint density at radius 2 is 1.39 bits per heavy atom. The van der Waals surface area contributed by atoms with Crippen molar-refractivity contribution in [3.05, 3.63) is 0 Å². The Morgan fingerprint density at radius 3 is 2.14 bits per heavy atom. The zero-order valence-corrected chi connectivity index (χ0v) is 18.0. The number of piperidine rings is 1. The molecule has 5 saturated heterocycles. The maximum atomic E-state index is 3.01. The molecule has 8 aliphatic rings. The fraction of sp³-hybridized carbons (Fsp3) is 1.00. The van der Waals surface area contributed by atoms with Gasteiger partial charge in [-0.25, -0.2) is 0 Å². The Balaban J connectivity index is 1.00. The molecule has 156 valence electrons. The van der Waals surface area contributed by atoms with Crippen molar-refractivity contribution in [3.8, 4) is 0 Å². The van der Waals surface area contributed by atoms with Gasteiger partial charge in [0.15, 0.2) is 0 Å². The first-order valence-electron chi connectivity index (χ1n) is 12.9. The van der Waals surface area contributed by atoms with Gasteiger partial charge in [-0.2, -0.15) is 0 Å². The van der Waals surface area contributed by atoms with Gasteiger partial charge in [0.25, 0.3) is 0 Å². The lowest BCUT2D eigenvalue weighted by Gasteiger charge is -2.46. The summed E-state index contributed by atoms with van der Waals surface area (Å²) >= 11 is 0. The Morgan fingerprint density at radius 1 is 0.643 bits per heavy atom. The van der Waals surface area contributed by atoms with Crippen LogP contribution >= 0.6 is 0 Å². The summed E-state index contributed by atoms with van der Waals surface area (Å²) in [5.74, 6) is 6.24. The van der Waals surface area contributed by atoms with E-state index in [2.05, 4.69) is 21.7 Å². The van der Waals surface area contributed by atoms with Gasteiger partial charge in [0.1, 0.15) is 0 Å². The normalized spacial score (nSPS) is 55.6. The van der Waals surface area contributed by atoms with Gasteiger partial charge in [0.05, 0.1) is 0 Å². The van der Waals surface area contributed by atoms with Gasteiger partial charge in [0, 0.05) is 50.3 Å². The van der Waals surface area contributed by atoms with Crippen LogP contribution in [0.1, 0.15) is 64.2 Å². The molecular formula is C25H41N3. The Labute approximate surface area is 172 Å². The average Bonchev–Trinajstić information content (AvgIpc) is 3.44. The SMILES string of the molecule is CN1CC2CC3CC(CC1C3)C2CN1CC2CC1CC2CN1C2CCC1CC2. The maximum Gasteiger partial charge on any atom is 0.0102 e. The van der Waals surface area contributed by atoms with Crippen LogP contribution in [-0.2, 0) is 0 Å². The largest absolute Gasteiger partial charge is 0.303 e. The van der Waals surface area contributed by atoms with Crippen molar-refractivity contribution in [2.75, 3.05) is 33.2 Å². The third-order valence-corrected chi connectivity index (χ3v) is 11.1. The summed E-state index contributed by atoms with van der Waals surface area (Å²) in [5.41, 5.74) is 0. The van der Waals surface area contributed by atoms with Crippen LogP contribution in [0.4, 0.5) is 0 Å². The van der Waals surface area contributed by atoms with E-state index in [0.717, 1.165) is 59.7 Å². The third kappa shape index (κ3) is 2.64. The van der Waals surface area contributed by atoms with Gasteiger partial charge < -0.3 is 4.90 Å². The summed E-state index contributed by atoms with van der Waals surface area (Å²) in [7, 11) is 2.43.